The number of benzene rings is 2. The number of carbonyl (C=O) groups excluding carboxylic acids is 2. The summed E-state index contributed by atoms with van der Waals surface area (Å²) in [5.74, 6) is -0.372. The Bertz CT molecular complexity index is 881. The second-order valence-corrected chi connectivity index (χ2v) is 6.17. The van der Waals surface area contributed by atoms with Gasteiger partial charge in [0.25, 0.3) is 11.6 Å². The molecule has 2 rings (SSSR count). The summed E-state index contributed by atoms with van der Waals surface area (Å²) in [6, 6.07) is 11.2. The van der Waals surface area contributed by atoms with Crippen molar-refractivity contribution < 1.29 is 28.7 Å². The summed E-state index contributed by atoms with van der Waals surface area (Å²) in [5.41, 5.74) is 0.994. The number of anilines is 1. The normalized spacial score (nSPS) is 11.3. The van der Waals surface area contributed by atoms with Gasteiger partial charge in [-0.05, 0) is 32.0 Å². The Morgan fingerprint density at radius 1 is 1.17 bits per heavy atom. The number of nitrogens with one attached hydrogen (secondary N) is 1. The molecule has 0 aromatic heterocycles. The fraction of sp³-hybridized carbons (Fsp3) is 0.300. The van der Waals surface area contributed by atoms with E-state index in [1.54, 1.807) is 12.1 Å². The van der Waals surface area contributed by atoms with Crippen molar-refractivity contribution in [1.29, 1.82) is 0 Å². The summed E-state index contributed by atoms with van der Waals surface area (Å²) in [7, 11) is 1.37. The summed E-state index contributed by atoms with van der Waals surface area (Å²) in [6.45, 7) is 3.46. The summed E-state index contributed by atoms with van der Waals surface area (Å²) in [6.07, 6.45) is -1.14. The third kappa shape index (κ3) is 6.49. The van der Waals surface area contributed by atoms with Crippen molar-refractivity contribution in [2.75, 3.05) is 19.0 Å². The molecule has 9 nitrogen and oxygen atoms in total. The zero-order valence-electron chi connectivity index (χ0n) is 16.3. The lowest BCUT2D eigenvalue weighted by Crippen LogP contribution is -2.30. The van der Waals surface area contributed by atoms with Crippen molar-refractivity contribution in [2.24, 2.45) is 0 Å². The highest BCUT2D eigenvalue weighted by Crippen LogP contribution is 2.29. The number of non-ortho nitro benzene ring substituents is 1. The molecule has 0 bridgehead atoms. The maximum absolute atomic E-state index is 12.3. The zero-order valence-corrected chi connectivity index (χ0v) is 16.3. The lowest BCUT2D eigenvalue weighted by atomic mass is 10.2. The van der Waals surface area contributed by atoms with Crippen molar-refractivity contribution in [2.45, 2.75) is 26.4 Å². The van der Waals surface area contributed by atoms with Crippen LogP contribution in [0.15, 0.2) is 42.5 Å². The van der Waals surface area contributed by atoms with Gasteiger partial charge in [0.1, 0.15) is 11.5 Å². The molecule has 0 aliphatic carbocycles. The van der Waals surface area contributed by atoms with Crippen LogP contribution in [0.1, 0.15) is 18.9 Å². The topological polar surface area (TPSA) is 117 Å². The van der Waals surface area contributed by atoms with Gasteiger partial charge in [0.2, 0.25) is 0 Å². The van der Waals surface area contributed by atoms with Crippen molar-refractivity contribution in [3.8, 4) is 11.5 Å². The number of rotatable bonds is 9. The molecule has 0 unspecified atom stereocenters. The Hall–Kier alpha value is -3.62. The lowest BCUT2D eigenvalue weighted by molar-refractivity contribution is -0.384. The van der Waals surface area contributed by atoms with E-state index in [0.717, 1.165) is 5.56 Å². The minimum absolute atomic E-state index is 0.0361. The van der Waals surface area contributed by atoms with Gasteiger partial charge in [-0.25, -0.2) is 0 Å². The smallest absolute Gasteiger partial charge is 0.310 e. The van der Waals surface area contributed by atoms with E-state index in [2.05, 4.69) is 5.32 Å². The molecule has 2 aromatic rings. The Morgan fingerprint density at radius 2 is 1.86 bits per heavy atom. The van der Waals surface area contributed by atoms with E-state index < -0.39 is 22.9 Å². The van der Waals surface area contributed by atoms with Crippen molar-refractivity contribution in [1.82, 2.24) is 0 Å². The van der Waals surface area contributed by atoms with Crippen LogP contribution < -0.4 is 14.8 Å². The quantitative estimate of drug-likeness (QED) is 0.389. The molecule has 154 valence electrons. The maximum atomic E-state index is 12.3. The van der Waals surface area contributed by atoms with Crippen molar-refractivity contribution >= 4 is 23.3 Å². The molecule has 1 atom stereocenters. The number of hydrogen-bond acceptors (Lipinski definition) is 7. The highest BCUT2D eigenvalue weighted by Gasteiger charge is 2.20. The number of hydrogen-bond donors (Lipinski definition) is 1. The summed E-state index contributed by atoms with van der Waals surface area (Å²) >= 11 is 0. The number of nitrogens with zero attached hydrogens (tertiary/aromatic N) is 1. The van der Waals surface area contributed by atoms with Crippen molar-refractivity contribution in [3.63, 3.8) is 0 Å². The number of esters is 1. The Balaban J connectivity index is 1.86. The fourth-order valence-corrected chi connectivity index (χ4v) is 2.34. The number of aryl methyl sites for hydroxylation is 1. The van der Waals surface area contributed by atoms with Crippen LogP contribution in [-0.4, -0.2) is 36.6 Å². The van der Waals surface area contributed by atoms with Crippen LogP contribution in [-0.2, 0) is 14.3 Å². The molecule has 29 heavy (non-hydrogen) atoms. The standard InChI is InChI=1S/C20H22N2O7/c1-13-4-7-16(8-5-13)28-11-10-19(23)29-14(2)20(24)21-17-12-15(22(25)26)6-9-18(17)27-3/h4-9,12,14H,10-11H2,1-3H3,(H,21,24)/t14-/m0/s1. The zero-order chi connectivity index (χ0) is 21.4. The number of nitro groups is 1. The first kappa shape index (κ1) is 21.7. The molecule has 0 spiro atoms. The molecular weight excluding hydrogens is 380 g/mol. The van der Waals surface area contributed by atoms with E-state index in [9.17, 15) is 19.7 Å². The summed E-state index contributed by atoms with van der Waals surface area (Å²) < 4.78 is 15.6. The molecule has 0 saturated carbocycles. The average molecular weight is 402 g/mol. The second-order valence-electron chi connectivity index (χ2n) is 6.17. The van der Waals surface area contributed by atoms with Crippen LogP contribution in [0.4, 0.5) is 11.4 Å². The minimum Gasteiger partial charge on any atom is -0.495 e. The van der Waals surface area contributed by atoms with Gasteiger partial charge in [-0.1, -0.05) is 17.7 Å². The van der Waals surface area contributed by atoms with Gasteiger partial charge >= 0.3 is 5.97 Å². The first-order valence-electron chi connectivity index (χ1n) is 8.82. The molecule has 0 saturated heterocycles. The first-order valence-corrected chi connectivity index (χ1v) is 8.82. The minimum atomic E-state index is -1.11. The highest BCUT2D eigenvalue weighted by atomic mass is 16.6. The van der Waals surface area contributed by atoms with Crippen LogP contribution in [0.2, 0.25) is 0 Å². The number of nitro benzene ring substituents is 1. The first-order chi connectivity index (χ1) is 13.8. The van der Waals surface area contributed by atoms with E-state index in [4.69, 9.17) is 14.2 Å². The Labute approximate surface area is 167 Å². The molecule has 0 fully saturated rings. The highest BCUT2D eigenvalue weighted by molar-refractivity contribution is 5.96. The van der Waals surface area contributed by atoms with Crippen LogP contribution in [0, 0.1) is 17.0 Å². The monoisotopic (exact) mass is 402 g/mol. The predicted molar refractivity (Wildman–Crippen MR) is 105 cm³/mol. The summed E-state index contributed by atoms with van der Waals surface area (Å²) in [5, 5.41) is 13.4. The van der Waals surface area contributed by atoms with Crippen LogP contribution in [0.3, 0.4) is 0 Å². The van der Waals surface area contributed by atoms with E-state index >= 15 is 0 Å². The third-order valence-electron chi connectivity index (χ3n) is 3.93. The molecule has 9 heteroatoms. The molecule has 0 radical (unpaired) electrons. The van der Waals surface area contributed by atoms with Gasteiger partial charge < -0.3 is 19.5 Å². The largest absolute Gasteiger partial charge is 0.495 e. The van der Waals surface area contributed by atoms with Crippen LogP contribution in [0.5, 0.6) is 11.5 Å². The van der Waals surface area contributed by atoms with E-state index in [1.807, 2.05) is 19.1 Å². The van der Waals surface area contributed by atoms with Crippen molar-refractivity contribution in [3.05, 3.63) is 58.1 Å². The van der Waals surface area contributed by atoms with Gasteiger partial charge in [-0.15, -0.1) is 0 Å². The van der Waals surface area contributed by atoms with Crippen LogP contribution in [0.25, 0.3) is 0 Å². The predicted octanol–water partition coefficient (Wildman–Crippen LogP) is 3.25. The van der Waals surface area contributed by atoms with Gasteiger partial charge in [0, 0.05) is 12.1 Å². The van der Waals surface area contributed by atoms with Gasteiger partial charge in [0.05, 0.1) is 30.7 Å². The molecule has 1 amide bonds. The van der Waals surface area contributed by atoms with Gasteiger partial charge in [0.15, 0.2) is 6.10 Å². The van der Waals surface area contributed by atoms with E-state index in [0.29, 0.717) is 5.75 Å². The van der Waals surface area contributed by atoms with E-state index in [-0.39, 0.29) is 30.2 Å². The number of methoxy groups -OCH3 is 1. The van der Waals surface area contributed by atoms with E-state index in [1.165, 1.54) is 32.2 Å². The molecule has 1 N–H and O–H groups in total. The molecule has 0 heterocycles. The fourth-order valence-electron chi connectivity index (χ4n) is 2.34. The van der Waals surface area contributed by atoms with Crippen LogP contribution >= 0.6 is 0 Å². The molecular formula is C20H22N2O7. The number of ether oxygens (including phenoxy) is 3. The molecule has 0 aliphatic heterocycles. The average Bonchev–Trinajstić information content (AvgIpc) is 2.69. The van der Waals surface area contributed by atoms with Gasteiger partial charge in [-0.3, -0.25) is 19.7 Å². The van der Waals surface area contributed by atoms with Gasteiger partial charge in [-0.2, -0.15) is 0 Å². The molecule has 2 aromatic carbocycles. The molecule has 0 aliphatic rings. The third-order valence-corrected chi connectivity index (χ3v) is 3.93. The Kier molecular flexibility index (Phi) is 7.53. The SMILES string of the molecule is COc1ccc([N+](=O)[O-])cc1NC(=O)[C@H](C)OC(=O)CCOc1ccc(C)cc1. The number of carbonyl (C=O) groups is 2. The summed E-state index contributed by atoms with van der Waals surface area (Å²) in [4.78, 5) is 34.5. The second kappa shape index (κ2) is 10.1. The lowest BCUT2D eigenvalue weighted by Gasteiger charge is -2.15. The Morgan fingerprint density at radius 3 is 2.48 bits per heavy atom. The number of amides is 1. The maximum Gasteiger partial charge on any atom is 0.310 e.